The van der Waals surface area contributed by atoms with Gasteiger partial charge in [0.1, 0.15) is 0 Å². The molecule has 0 amide bonds. The Kier molecular flexibility index (Phi) is 6.17. The van der Waals surface area contributed by atoms with E-state index in [2.05, 4.69) is 32.9 Å². The lowest BCUT2D eigenvalue weighted by molar-refractivity contribution is 0.158. The van der Waals surface area contributed by atoms with Gasteiger partial charge >= 0.3 is 0 Å². The molecule has 3 heteroatoms. The van der Waals surface area contributed by atoms with Crippen molar-refractivity contribution in [3.63, 3.8) is 0 Å². The van der Waals surface area contributed by atoms with Crippen molar-refractivity contribution < 1.29 is 5.11 Å². The Labute approximate surface area is 114 Å². The van der Waals surface area contributed by atoms with E-state index in [9.17, 15) is 5.11 Å². The van der Waals surface area contributed by atoms with Crippen molar-refractivity contribution in [3.8, 4) is 0 Å². The lowest BCUT2D eigenvalue weighted by Crippen LogP contribution is -2.19. The molecule has 0 saturated heterocycles. The SMILES string of the molecule is CCSC(=S)C[C@@H](O)[C@H](C)c1ccccc1C. The molecule has 2 atom stereocenters. The van der Waals surface area contributed by atoms with Gasteiger partial charge in [-0.1, -0.05) is 50.3 Å². The van der Waals surface area contributed by atoms with E-state index in [0.717, 1.165) is 9.95 Å². The lowest BCUT2D eigenvalue weighted by atomic mass is 9.91. The van der Waals surface area contributed by atoms with Crippen LogP contribution in [-0.2, 0) is 0 Å². The Morgan fingerprint density at radius 2 is 2.06 bits per heavy atom. The molecule has 1 N–H and O–H groups in total. The first-order chi connectivity index (χ1) is 8.06. The van der Waals surface area contributed by atoms with E-state index in [4.69, 9.17) is 12.2 Å². The summed E-state index contributed by atoms with van der Waals surface area (Å²) >= 11 is 6.88. The van der Waals surface area contributed by atoms with E-state index < -0.39 is 0 Å². The third-order valence-electron chi connectivity index (χ3n) is 2.94. The van der Waals surface area contributed by atoms with Crippen LogP contribution in [0.1, 0.15) is 37.3 Å². The highest BCUT2D eigenvalue weighted by Gasteiger charge is 2.19. The molecule has 0 spiro atoms. The zero-order valence-electron chi connectivity index (χ0n) is 10.6. The molecular formula is C14H20OS2. The number of aliphatic hydroxyl groups is 1. The molecule has 0 unspecified atom stereocenters. The lowest BCUT2D eigenvalue weighted by Gasteiger charge is -2.21. The van der Waals surface area contributed by atoms with Crippen LogP contribution >= 0.6 is 24.0 Å². The summed E-state index contributed by atoms with van der Waals surface area (Å²) in [6.07, 6.45) is 0.214. The number of hydrogen-bond donors (Lipinski definition) is 1. The van der Waals surface area contributed by atoms with Crippen LogP contribution < -0.4 is 0 Å². The van der Waals surface area contributed by atoms with Crippen molar-refractivity contribution in [2.75, 3.05) is 5.75 Å². The minimum atomic E-state index is -0.386. The summed E-state index contributed by atoms with van der Waals surface area (Å²) in [5, 5.41) is 10.2. The molecular weight excluding hydrogens is 248 g/mol. The quantitative estimate of drug-likeness (QED) is 0.817. The molecule has 0 aliphatic carbocycles. The van der Waals surface area contributed by atoms with Crippen LogP contribution in [0.3, 0.4) is 0 Å². The van der Waals surface area contributed by atoms with Gasteiger partial charge in [0.05, 0.1) is 10.3 Å². The second-order valence-electron chi connectivity index (χ2n) is 4.22. The molecule has 1 rings (SSSR count). The van der Waals surface area contributed by atoms with Gasteiger partial charge in [-0.05, 0) is 23.8 Å². The molecule has 17 heavy (non-hydrogen) atoms. The summed E-state index contributed by atoms with van der Waals surface area (Å²) in [6, 6.07) is 8.21. The van der Waals surface area contributed by atoms with E-state index in [1.165, 1.54) is 11.1 Å². The van der Waals surface area contributed by atoms with Crippen LogP contribution in [0.4, 0.5) is 0 Å². The fourth-order valence-corrected chi connectivity index (χ4v) is 3.01. The van der Waals surface area contributed by atoms with Gasteiger partial charge in [-0.25, -0.2) is 0 Å². The van der Waals surface area contributed by atoms with Gasteiger partial charge in [-0.3, -0.25) is 0 Å². The molecule has 1 nitrogen and oxygen atoms in total. The maximum Gasteiger partial charge on any atom is 0.0659 e. The average Bonchev–Trinajstić information content (AvgIpc) is 2.29. The predicted octanol–water partition coefficient (Wildman–Crippen LogP) is 3.93. The number of thioether (sulfide) groups is 1. The van der Waals surface area contributed by atoms with E-state index >= 15 is 0 Å². The molecule has 0 aliphatic heterocycles. The predicted molar refractivity (Wildman–Crippen MR) is 80.9 cm³/mol. The largest absolute Gasteiger partial charge is 0.392 e. The number of hydrogen-bond acceptors (Lipinski definition) is 3. The van der Waals surface area contributed by atoms with Crippen molar-refractivity contribution in [2.24, 2.45) is 0 Å². The fourth-order valence-electron chi connectivity index (χ4n) is 1.87. The first-order valence-electron chi connectivity index (χ1n) is 5.95. The monoisotopic (exact) mass is 268 g/mol. The smallest absolute Gasteiger partial charge is 0.0659 e. The van der Waals surface area contributed by atoms with Gasteiger partial charge in [-0.15, -0.1) is 11.8 Å². The van der Waals surface area contributed by atoms with E-state index in [0.29, 0.717) is 6.42 Å². The van der Waals surface area contributed by atoms with Crippen LogP contribution in [0.15, 0.2) is 24.3 Å². The summed E-state index contributed by atoms with van der Waals surface area (Å²) in [7, 11) is 0. The molecule has 0 fully saturated rings. The third-order valence-corrected chi connectivity index (χ3v) is 4.23. The highest BCUT2D eigenvalue weighted by molar-refractivity contribution is 8.23. The fraction of sp³-hybridized carbons (Fsp3) is 0.500. The number of rotatable bonds is 5. The van der Waals surface area contributed by atoms with Crippen molar-refractivity contribution in [1.29, 1.82) is 0 Å². The second kappa shape index (κ2) is 7.14. The summed E-state index contributed by atoms with van der Waals surface area (Å²) < 4.78 is 0.903. The molecule has 94 valence electrons. The van der Waals surface area contributed by atoms with Crippen LogP contribution in [0, 0.1) is 6.92 Å². The van der Waals surface area contributed by atoms with E-state index in [1.807, 2.05) is 12.1 Å². The highest BCUT2D eigenvalue weighted by atomic mass is 32.2. The Morgan fingerprint density at radius 3 is 2.65 bits per heavy atom. The van der Waals surface area contributed by atoms with Gasteiger partial charge in [0, 0.05) is 12.3 Å². The first-order valence-corrected chi connectivity index (χ1v) is 7.34. The Hall–Kier alpha value is -0.380. The highest BCUT2D eigenvalue weighted by Crippen LogP contribution is 2.25. The Morgan fingerprint density at radius 1 is 1.41 bits per heavy atom. The van der Waals surface area contributed by atoms with Crippen LogP contribution in [0.5, 0.6) is 0 Å². The van der Waals surface area contributed by atoms with Crippen LogP contribution in [-0.4, -0.2) is 21.2 Å². The van der Waals surface area contributed by atoms with Crippen molar-refractivity contribution in [3.05, 3.63) is 35.4 Å². The second-order valence-corrected chi connectivity index (χ2v) is 6.33. The van der Waals surface area contributed by atoms with Gasteiger partial charge in [0.25, 0.3) is 0 Å². The van der Waals surface area contributed by atoms with Gasteiger partial charge in [0.15, 0.2) is 0 Å². The van der Waals surface area contributed by atoms with Gasteiger partial charge < -0.3 is 5.11 Å². The summed E-state index contributed by atoms with van der Waals surface area (Å²) in [5.74, 6) is 1.11. The molecule has 1 aromatic rings. The summed E-state index contributed by atoms with van der Waals surface area (Å²) in [5.41, 5.74) is 2.44. The Balaban J connectivity index is 2.67. The maximum atomic E-state index is 10.2. The molecule has 0 saturated carbocycles. The van der Waals surface area contributed by atoms with Gasteiger partial charge in [-0.2, -0.15) is 0 Å². The number of thiocarbonyl (C=S) groups is 1. The normalized spacial score (nSPS) is 14.4. The van der Waals surface area contributed by atoms with E-state index in [-0.39, 0.29) is 12.0 Å². The van der Waals surface area contributed by atoms with E-state index in [1.54, 1.807) is 11.8 Å². The average molecular weight is 268 g/mol. The standard InChI is InChI=1S/C14H20OS2/c1-4-17-14(16)9-13(15)11(3)12-8-6-5-7-10(12)2/h5-8,11,13,15H,4,9H2,1-3H3/t11-,13-/m1/s1. The van der Waals surface area contributed by atoms with Crippen LogP contribution in [0.2, 0.25) is 0 Å². The zero-order chi connectivity index (χ0) is 12.8. The topological polar surface area (TPSA) is 20.2 Å². The van der Waals surface area contributed by atoms with Gasteiger partial charge in [0.2, 0.25) is 0 Å². The molecule has 1 aromatic carbocycles. The zero-order valence-corrected chi connectivity index (χ0v) is 12.3. The molecule has 0 aromatic heterocycles. The molecule has 0 bridgehead atoms. The van der Waals surface area contributed by atoms with Crippen LogP contribution in [0.25, 0.3) is 0 Å². The summed E-state index contributed by atoms with van der Waals surface area (Å²) in [6.45, 7) is 6.22. The number of benzene rings is 1. The van der Waals surface area contributed by atoms with Crippen molar-refractivity contribution in [2.45, 2.75) is 39.2 Å². The van der Waals surface area contributed by atoms with Crippen molar-refractivity contribution >= 4 is 28.2 Å². The first kappa shape index (κ1) is 14.7. The minimum Gasteiger partial charge on any atom is -0.392 e. The molecule has 0 radical (unpaired) electrons. The van der Waals surface area contributed by atoms with Crippen molar-refractivity contribution in [1.82, 2.24) is 0 Å². The minimum absolute atomic E-state index is 0.131. The number of aliphatic hydroxyl groups excluding tert-OH is 1. The third kappa shape index (κ3) is 4.41. The molecule has 0 heterocycles. The number of aryl methyl sites for hydroxylation is 1. The summed E-state index contributed by atoms with van der Waals surface area (Å²) in [4.78, 5) is 0. The molecule has 0 aliphatic rings. The Bertz CT molecular complexity index is 376. The maximum absolute atomic E-state index is 10.2.